The van der Waals surface area contributed by atoms with E-state index in [1.54, 1.807) is 11.8 Å². The summed E-state index contributed by atoms with van der Waals surface area (Å²) in [6.07, 6.45) is 6.10. The number of hydrogen-bond acceptors (Lipinski definition) is 3. The van der Waals surface area contributed by atoms with Crippen LogP contribution in [0.4, 0.5) is 0 Å². The molecule has 0 saturated carbocycles. The number of aryl methyl sites for hydroxylation is 1. The zero-order valence-electron chi connectivity index (χ0n) is 13.5. The van der Waals surface area contributed by atoms with Crippen molar-refractivity contribution in [3.05, 3.63) is 72.7 Å². The Morgan fingerprint density at radius 3 is 2.88 bits per heavy atom. The fourth-order valence-corrected chi connectivity index (χ4v) is 3.74. The van der Waals surface area contributed by atoms with E-state index < -0.39 is 0 Å². The first-order valence-corrected chi connectivity index (χ1v) is 8.86. The van der Waals surface area contributed by atoms with Gasteiger partial charge in [0.15, 0.2) is 5.16 Å². The van der Waals surface area contributed by atoms with Gasteiger partial charge in [0, 0.05) is 24.7 Å². The number of allylic oxidation sites excluding steroid dienone is 1. The minimum Gasteiger partial charge on any atom is -0.315 e. The Labute approximate surface area is 144 Å². The molecule has 0 unspecified atom stereocenters. The van der Waals surface area contributed by atoms with Crippen molar-refractivity contribution in [1.29, 1.82) is 0 Å². The highest BCUT2D eigenvalue weighted by atomic mass is 32.2. The number of rotatable bonds is 5. The molecular weight excluding hydrogens is 316 g/mol. The molecule has 5 heteroatoms. The molecule has 0 atom stereocenters. The standard InChI is InChI=1S/C19H18N4S/c1-3-10-23-17-7-5-4-6-16(17)21-19(23)24-13-15-12-22-11-14(2)8-9-18(22)20-15/h3-9,11-12H,1,10,13H2,2H3. The highest BCUT2D eigenvalue weighted by Gasteiger charge is 2.11. The first kappa shape index (κ1) is 15.0. The van der Waals surface area contributed by atoms with Crippen molar-refractivity contribution in [2.45, 2.75) is 24.4 Å². The van der Waals surface area contributed by atoms with E-state index >= 15 is 0 Å². The summed E-state index contributed by atoms with van der Waals surface area (Å²) in [5.41, 5.74) is 5.43. The van der Waals surface area contributed by atoms with Gasteiger partial charge in [-0.1, -0.05) is 36.0 Å². The predicted molar refractivity (Wildman–Crippen MR) is 99.4 cm³/mol. The molecule has 0 fully saturated rings. The Morgan fingerprint density at radius 1 is 1.12 bits per heavy atom. The van der Waals surface area contributed by atoms with Crippen LogP contribution in [0.5, 0.6) is 0 Å². The molecule has 3 heterocycles. The highest BCUT2D eigenvalue weighted by Crippen LogP contribution is 2.26. The molecule has 0 aliphatic heterocycles. The molecule has 0 N–H and O–H groups in total. The molecule has 1 aromatic carbocycles. The van der Waals surface area contributed by atoms with Crippen LogP contribution in [0.15, 0.2) is 66.6 Å². The van der Waals surface area contributed by atoms with Crippen LogP contribution in [0, 0.1) is 6.92 Å². The van der Waals surface area contributed by atoms with Crippen molar-refractivity contribution in [2.75, 3.05) is 0 Å². The second-order valence-corrected chi connectivity index (χ2v) is 6.72. The Bertz CT molecular complexity index is 1030. The normalized spacial score (nSPS) is 11.4. The number of thioether (sulfide) groups is 1. The number of aromatic nitrogens is 4. The van der Waals surface area contributed by atoms with Gasteiger partial charge < -0.3 is 8.97 Å². The average Bonchev–Trinajstić information content (AvgIpc) is 3.14. The molecule has 0 saturated heterocycles. The molecule has 0 radical (unpaired) electrons. The van der Waals surface area contributed by atoms with Gasteiger partial charge in [0.25, 0.3) is 0 Å². The molecule has 4 nitrogen and oxygen atoms in total. The maximum atomic E-state index is 4.76. The molecule has 0 spiro atoms. The van der Waals surface area contributed by atoms with Crippen LogP contribution in [0.2, 0.25) is 0 Å². The minimum absolute atomic E-state index is 0.757. The van der Waals surface area contributed by atoms with Crippen LogP contribution in [0.25, 0.3) is 16.7 Å². The van der Waals surface area contributed by atoms with Crippen LogP contribution in [0.3, 0.4) is 0 Å². The first-order valence-electron chi connectivity index (χ1n) is 7.88. The third-order valence-corrected chi connectivity index (χ3v) is 4.94. The van der Waals surface area contributed by atoms with Gasteiger partial charge in [-0.2, -0.15) is 0 Å². The predicted octanol–water partition coefficient (Wildman–Crippen LogP) is 4.47. The summed E-state index contributed by atoms with van der Waals surface area (Å²) in [5.74, 6) is 0.793. The molecule has 3 aromatic heterocycles. The number of para-hydroxylation sites is 2. The maximum Gasteiger partial charge on any atom is 0.169 e. The van der Waals surface area contributed by atoms with E-state index in [4.69, 9.17) is 4.98 Å². The van der Waals surface area contributed by atoms with E-state index in [1.165, 1.54) is 5.56 Å². The lowest BCUT2D eigenvalue weighted by molar-refractivity contribution is 0.748. The van der Waals surface area contributed by atoms with E-state index in [2.05, 4.69) is 58.0 Å². The number of benzene rings is 1. The average molecular weight is 334 g/mol. The summed E-state index contributed by atoms with van der Waals surface area (Å²) in [6.45, 7) is 6.71. The van der Waals surface area contributed by atoms with Crippen molar-refractivity contribution < 1.29 is 0 Å². The van der Waals surface area contributed by atoms with Crippen molar-refractivity contribution in [1.82, 2.24) is 18.9 Å². The molecule has 4 aromatic rings. The molecule has 0 bridgehead atoms. The van der Waals surface area contributed by atoms with Gasteiger partial charge in [0.05, 0.1) is 16.7 Å². The van der Waals surface area contributed by atoms with Gasteiger partial charge in [-0.25, -0.2) is 9.97 Å². The highest BCUT2D eigenvalue weighted by molar-refractivity contribution is 7.98. The zero-order valence-corrected chi connectivity index (χ0v) is 14.3. The molecule has 120 valence electrons. The molecule has 0 amide bonds. The van der Waals surface area contributed by atoms with Gasteiger partial charge in [-0.15, -0.1) is 6.58 Å². The van der Waals surface area contributed by atoms with Gasteiger partial charge in [0.1, 0.15) is 5.65 Å². The van der Waals surface area contributed by atoms with E-state index in [1.807, 2.05) is 24.3 Å². The van der Waals surface area contributed by atoms with E-state index in [0.29, 0.717) is 0 Å². The monoisotopic (exact) mass is 334 g/mol. The second kappa shape index (κ2) is 6.17. The summed E-state index contributed by atoms with van der Waals surface area (Å²) in [6, 6.07) is 12.4. The molecule has 24 heavy (non-hydrogen) atoms. The second-order valence-electron chi connectivity index (χ2n) is 5.78. The van der Waals surface area contributed by atoms with Gasteiger partial charge in [-0.05, 0) is 30.7 Å². The Balaban J connectivity index is 1.63. The number of fused-ring (bicyclic) bond motifs is 2. The Hall–Kier alpha value is -2.53. The van der Waals surface area contributed by atoms with Crippen LogP contribution in [0.1, 0.15) is 11.3 Å². The topological polar surface area (TPSA) is 35.1 Å². The molecular formula is C19H18N4S. The van der Waals surface area contributed by atoms with E-state index in [9.17, 15) is 0 Å². The van der Waals surface area contributed by atoms with Gasteiger partial charge >= 0.3 is 0 Å². The summed E-state index contributed by atoms with van der Waals surface area (Å²) in [4.78, 5) is 9.44. The summed E-state index contributed by atoms with van der Waals surface area (Å²) in [5, 5.41) is 1.00. The van der Waals surface area contributed by atoms with Gasteiger partial charge in [-0.3, -0.25) is 0 Å². The summed E-state index contributed by atoms with van der Waals surface area (Å²) < 4.78 is 4.28. The van der Waals surface area contributed by atoms with E-state index in [-0.39, 0.29) is 0 Å². The van der Waals surface area contributed by atoms with Crippen LogP contribution >= 0.6 is 11.8 Å². The smallest absolute Gasteiger partial charge is 0.169 e. The lowest BCUT2D eigenvalue weighted by Gasteiger charge is -2.04. The van der Waals surface area contributed by atoms with Crippen molar-refractivity contribution in [3.8, 4) is 0 Å². The van der Waals surface area contributed by atoms with E-state index in [0.717, 1.165) is 39.8 Å². The first-order chi connectivity index (χ1) is 11.7. The Morgan fingerprint density at radius 2 is 2.00 bits per heavy atom. The minimum atomic E-state index is 0.757. The van der Waals surface area contributed by atoms with Crippen LogP contribution in [-0.2, 0) is 12.3 Å². The Kier molecular flexibility index (Phi) is 3.86. The third kappa shape index (κ3) is 2.71. The van der Waals surface area contributed by atoms with Gasteiger partial charge in [0.2, 0.25) is 0 Å². The van der Waals surface area contributed by atoms with Crippen LogP contribution in [-0.4, -0.2) is 18.9 Å². The van der Waals surface area contributed by atoms with Crippen molar-refractivity contribution >= 4 is 28.4 Å². The largest absolute Gasteiger partial charge is 0.315 e. The summed E-state index contributed by atoms with van der Waals surface area (Å²) in [7, 11) is 0. The number of hydrogen-bond donors (Lipinski definition) is 0. The summed E-state index contributed by atoms with van der Waals surface area (Å²) >= 11 is 1.71. The number of pyridine rings is 1. The fraction of sp³-hybridized carbons (Fsp3) is 0.158. The molecule has 4 rings (SSSR count). The quantitative estimate of drug-likeness (QED) is 0.399. The molecule has 0 aliphatic rings. The SMILES string of the molecule is C=CCn1c(SCc2cn3cc(C)ccc3n2)nc2ccccc21. The number of imidazole rings is 2. The lowest BCUT2D eigenvalue weighted by Crippen LogP contribution is -1.97. The van der Waals surface area contributed by atoms with Crippen molar-refractivity contribution in [3.63, 3.8) is 0 Å². The van der Waals surface area contributed by atoms with Crippen LogP contribution < -0.4 is 0 Å². The molecule has 0 aliphatic carbocycles. The lowest BCUT2D eigenvalue weighted by atomic mass is 10.3. The maximum absolute atomic E-state index is 4.76. The fourth-order valence-electron chi connectivity index (χ4n) is 2.83. The number of nitrogens with zero attached hydrogens (tertiary/aromatic N) is 4. The third-order valence-electron chi connectivity index (χ3n) is 3.93. The van der Waals surface area contributed by atoms with Crippen molar-refractivity contribution in [2.24, 2.45) is 0 Å². The zero-order chi connectivity index (χ0) is 16.5.